The van der Waals surface area contributed by atoms with E-state index in [4.69, 9.17) is 0 Å². The summed E-state index contributed by atoms with van der Waals surface area (Å²) in [5, 5.41) is 9.37. The maximum Gasteiger partial charge on any atom is 0.128 e. The Morgan fingerprint density at radius 3 is 2.35 bits per heavy atom. The standard InChI is InChI=1S/C12H16FNO.C2H6/c1-9-2-3-10(8-12(9)13)14-6-4-11(15)5-7-14;1-2/h2-3,8,11,15H,4-7H2,1H3;1-2H3. The van der Waals surface area contributed by atoms with Gasteiger partial charge in [0.15, 0.2) is 0 Å². The summed E-state index contributed by atoms with van der Waals surface area (Å²) in [4.78, 5) is 2.12. The zero-order valence-corrected chi connectivity index (χ0v) is 10.9. The number of hydrogen-bond acceptors (Lipinski definition) is 2. The van der Waals surface area contributed by atoms with Gasteiger partial charge in [-0.05, 0) is 37.5 Å². The molecule has 1 fully saturated rings. The summed E-state index contributed by atoms with van der Waals surface area (Å²) in [5.41, 5.74) is 1.60. The van der Waals surface area contributed by atoms with Crippen LogP contribution in [-0.2, 0) is 0 Å². The molecule has 0 bridgehead atoms. The molecule has 0 spiro atoms. The Balaban J connectivity index is 0.000000686. The van der Waals surface area contributed by atoms with Crippen molar-refractivity contribution in [2.24, 2.45) is 0 Å². The van der Waals surface area contributed by atoms with Crippen LogP contribution in [0.1, 0.15) is 32.3 Å². The summed E-state index contributed by atoms with van der Waals surface area (Å²) >= 11 is 0. The molecule has 1 aromatic carbocycles. The third-order valence-corrected chi connectivity index (χ3v) is 2.99. The predicted molar refractivity (Wildman–Crippen MR) is 69.9 cm³/mol. The second kappa shape index (κ2) is 6.60. The molecular formula is C14H22FNO. The quantitative estimate of drug-likeness (QED) is 0.814. The number of rotatable bonds is 1. The van der Waals surface area contributed by atoms with Crippen LogP contribution in [0, 0.1) is 12.7 Å². The van der Waals surface area contributed by atoms with Crippen LogP contribution in [0.4, 0.5) is 10.1 Å². The van der Waals surface area contributed by atoms with Crippen LogP contribution in [0.3, 0.4) is 0 Å². The lowest BCUT2D eigenvalue weighted by atomic mass is 10.1. The van der Waals surface area contributed by atoms with Gasteiger partial charge in [0, 0.05) is 18.8 Å². The second-order valence-electron chi connectivity index (χ2n) is 4.15. The minimum atomic E-state index is -0.184. The summed E-state index contributed by atoms with van der Waals surface area (Å²) in [6.45, 7) is 7.38. The minimum Gasteiger partial charge on any atom is -0.393 e. The van der Waals surface area contributed by atoms with E-state index in [0.29, 0.717) is 5.56 Å². The van der Waals surface area contributed by atoms with E-state index < -0.39 is 0 Å². The fraction of sp³-hybridized carbons (Fsp3) is 0.571. The normalized spacial score (nSPS) is 16.4. The first-order valence-corrected chi connectivity index (χ1v) is 6.36. The second-order valence-corrected chi connectivity index (χ2v) is 4.15. The van der Waals surface area contributed by atoms with Crippen molar-refractivity contribution in [1.29, 1.82) is 0 Å². The fourth-order valence-corrected chi connectivity index (χ4v) is 1.90. The molecule has 2 nitrogen and oxygen atoms in total. The van der Waals surface area contributed by atoms with Gasteiger partial charge in [0.25, 0.3) is 0 Å². The van der Waals surface area contributed by atoms with E-state index in [0.717, 1.165) is 31.6 Å². The Morgan fingerprint density at radius 2 is 1.82 bits per heavy atom. The van der Waals surface area contributed by atoms with Crippen LogP contribution in [-0.4, -0.2) is 24.3 Å². The molecule has 0 unspecified atom stereocenters. The van der Waals surface area contributed by atoms with Gasteiger partial charge in [-0.3, -0.25) is 0 Å². The van der Waals surface area contributed by atoms with Gasteiger partial charge in [-0.1, -0.05) is 19.9 Å². The monoisotopic (exact) mass is 239 g/mol. The van der Waals surface area contributed by atoms with E-state index in [1.54, 1.807) is 19.1 Å². The van der Waals surface area contributed by atoms with Crippen molar-refractivity contribution >= 4 is 5.69 Å². The minimum absolute atomic E-state index is 0.154. The van der Waals surface area contributed by atoms with Crippen LogP contribution in [0.5, 0.6) is 0 Å². The average Bonchev–Trinajstić information content (AvgIpc) is 2.36. The molecule has 2 rings (SSSR count). The van der Waals surface area contributed by atoms with Gasteiger partial charge in [0.05, 0.1) is 6.10 Å². The molecule has 0 atom stereocenters. The van der Waals surface area contributed by atoms with E-state index in [9.17, 15) is 9.50 Å². The largest absolute Gasteiger partial charge is 0.393 e. The number of anilines is 1. The Bertz CT molecular complexity index is 346. The molecule has 0 radical (unpaired) electrons. The summed E-state index contributed by atoms with van der Waals surface area (Å²) < 4.78 is 13.3. The summed E-state index contributed by atoms with van der Waals surface area (Å²) in [6, 6.07) is 5.32. The topological polar surface area (TPSA) is 23.5 Å². The Kier molecular flexibility index (Phi) is 5.42. The highest BCUT2D eigenvalue weighted by Gasteiger charge is 2.17. The molecule has 3 heteroatoms. The lowest BCUT2D eigenvalue weighted by Gasteiger charge is -2.31. The molecule has 1 heterocycles. The van der Waals surface area contributed by atoms with Gasteiger partial charge < -0.3 is 10.0 Å². The molecule has 0 aromatic heterocycles. The molecule has 96 valence electrons. The van der Waals surface area contributed by atoms with Crippen molar-refractivity contribution in [3.8, 4) is 0 Å². The van der Waals surface area contributed by atoms with Crippen molar-refractivity contribution in [3.05, 3.63) is 29.6 Å². The zero-order chi connectivity index (χ0) is 12.8. The maximum absolute atomic E-state index is 13.3. The third-order valence-electron chi connectivity index (χ3n) is 2.99. The molecule has 17 heavy (non-hydrogen) atoms. The number of aryl methyl sites for hydroxylation is 1. The maximum atomic E-state index is 13.3. The van der Waals surface area contributed by atoms with E-state index >= 15 is 0 Å². The van der Waals surface area contributed by atoms with E-state index in [2.05, 4.69) is 4.90 Å². The predicted octanol–water partition coefficient (Wildman–Crippen LogP) is 3.12. The van der Waals surface area contributed by atoms with Gasteiger partial charge in [-0.2, -0.15) is 0 Å². The van der Waals surface area contributed by atoms with Crippen molar-refractivity contribution < 1.29 is 9.50 Å². The number of benzene rings is 1. The lowest BCUT2D eigenvalue weighted by molar-refractivity contribution is 0.145. The van der Waals surface area contributed by atoms with Crippen LogP contribution in [0.15, 0.2) is 18.2 Å². The van der Waals surface area contributed by atoms with Crippen LogP contribution >= 0.6 is 0 Å². The number of halogens is 1. The van der Waals surface area contributed by atoms with Crippen molar-refractivity contribution in [3.63, 3.8) is 0 Å². The molecule has 1 aliphatic rings. The van der Waals surface area contributed by atoms with Crippen molar-refractivity contribution in [1.82, 2.24) is 0 Å². The molecule has 1 aromatic rings. The molecule has 0 amide bonds. The van der Waals surface area contributed by atoms with Gasteiger partial charge >= 0.3 is 0 Å². The third kappa shape index (κ3) is 3.70. The summed E-state index contributed by atoms with van der Waals surface area (Å²) in [6.07, 6.45) is 1.36. The summed E-state index contributed by atoms with van der Waals surface area (Å²) in [7, 11) is 0. The first-order valence-electron chi connectivity index (χ1n) is 6.36. The van der Waals surface area contributed by atoms with E-state index in [1.807, 2.05) is 19.9 Å². The van der Waals surface area contributed by atoms with Crippen LogP contribution < -0.4 is 4.90 Å². The molecule has 1 aliphatic heterocycles. The Hall–Kier alpha value is -1.09. The smallest absolute Gasteiger partial charge is 0.128 e. The molecule has 1 N–H and O–H groups in total. The van der Waals surface area contributed by atoms with Gasteiger partial charge in [0.1, 0.15) is 5.82 Å². The van der Waals surface area contributed by atoms with Crippen LogP contribution in [0.25, 0.3) is 0 Å². The van der Waals surface area contributed by atoms with Crippen molar-refractivity contribution in [2.75, 3.05) is 18.0 Å². The summed E-state index contributed by atoms with van der Waals surface area (Å²) in [5.74, 6) is -0.154. The Morgan fingerprint density at radius 1 is 1.24 bits per heavy atom. The molecular weight excluding hydrogens is 217 g/mol. The molecule has 1 saturated heterocycles. The number of nitrogens with zero attached hydrogens (tertiary/aromatic N) is 1. The highest BCUT2D eigenvalue weighted by atomic mass is 19.1. The van der Waals surface area contributed by atoms with E-state index in [1.165, 1.54) is 0 Å². The van der Waals surface area contributed by atoms with Crippen molar-refractivity contribution in [2.45, 2.75) is 39.7 Å². The highest BCUT2D eigenvalue weighted by Crippen LogP contribution is 2.22. The average molecular weight is 239 g/mol. The SMILES string of the molecule is CC.Cc1ccc(N2CCC(O)CC2)cc1F. The first kappa shape index (κ1) is 14.0. The first-order chi connectivity index (χ1) is 8.16. The van der Waals surface area contributed by atoms with Gasteiger partial charge in [0.2, 0.25) is 0 Å². The van der Waals surface area contributed by atoms with E-state index in [-0.39, 0.29) is 11.9 Å². The lowest BCUT2D eigenvalue weighted by Crippen LogP contribution is -2.35. The van der Waals surface area contributed by atoms with Gasteiger partial charge in [-0.25, -0.2) is 4.39 Å². The number of piperidine rings is 1. The van der Waals surface area contributed by atoms with Gasteiger partial charge in [-0.15, -0.1) is 0 Å². The fourth-order valence-electron chi connectivity index (χ4n) is 1.90. The number of aliphatic hydroxyl groups excluding tert-OH is 1. The number of hydrogen-bond donors (Lipinski definition) is 1. The highest BCUT2D eigenvalue weighted by molar-refractivity contribution is 5.48. The molecule has 0 aliphatic carbocycles. The Labute approximate surface area is 103 Å². The molecule has 0 saturated carbocycles. The number of aliphatic hydroxyl groups is 1. The zero-order valence-electron chi connectivity index (χ0n) is 10.9. The van der Waals surface area contributed by atoms with Crippen LogP contribution in [0.2, 0.25) is 0 Å².